The van der Waals surface area contributed by atoms with Crippen molar-refractivity contribution >= 4 is 11.9 Å². The summed E-state index contributed by atoms with van der Waals surface area (Å²) in [5.74, 6) is -2.04. The summed E-state index contributed by atoms with van der Waals surface area (Å²) in [6.45, 7) is 0. The minimum absolute atomic E-state index is 0. The van der Waals surface area contributed by atoms with Crippen LogP contribution in [0.4, 0.5) is 0 Å². The predicted molar refractivity (Wildman–Crippen MR) is 42.3 cm³/mol. The fraction of sp³-hybridized carbons (Fsp3) is 0.778. The molecule has 85 valence electrons. The molecule has 0 heterocycles. The number of unbranched alkanes of at least 4 members (excludes halogenated alkanes) is 4. The van der Waals surface area contributed by atoms with E-state index in [4.69, 9.17) is 0 Å². The molecule has 0 saturated heterocycles. The van der Waals surface area contributed by atoms with Gasteiger partial charge in [0.15, 0.2) is 0 Å². The molecule has 0 unspecified atom stereocenters. The second-order valence-electron chi connectivity index (χ2n) is 3.01. The fourth-order valence-electron chi connectivity index (χ4n) is 1.07. The summed E-state index contributed by atoms with van der Waals surface area (Å²) in [4.78, 5) is 20.0. The summed E-state index contributed by atoms with van der Waals surface area (Å²) in [5, 5.41) is 20.0. The Bertz CT molecular complexity index is 152. The molecule has 4 nitrogen and oxygen atoms in total. The first-order valence-electron chi connectivity index (χ1n) is 4.52. The molecule has 0 N–H and O–H groups in total. The summed E-state index contributed by atoms with van der Waals surface area (Å²) in [6.07, 6.45) is 3.95. The van der Waals surface area contributed by atoms with Crippen molar-refractivity contribution in [2.75, 3.05) is 0 Å². The van der Waals surface area contributed by atoms with Crippen molar-refractivity contribution in [3.63, 3.8) is 0 Å². The second kappa shape index (κ2) is 10.8. The largest absolute Gasteiger partial charge is 2.00 e. The molecule has 0 aliphatic rings. The Balaban J connectivity index is 0. The van der Waals surface area contributed by atoms with Gasteiger partial charge in [-0.2, -0.15) is 0 Å². The van der Waals surface area contributed by atoms with Crippen LogP contribution in [0.1, 0.15) is 44.9 Å². The Hall–Kier alpha value is -0.320. The third kappa shape index (κ3) is 14.2. The van der Waals surface area contributed by atoms with Crippen LogP contribution in [0.25, 0.3) is 0 Å². The van der Waals surface area contributed by atoms with Crippen molar-refractivity contribution in [2.45, 2.75) is 44.9 Å². The maximum absolute atomic E-state index is 9.98. The van der Waals surface area contributed by atoms with E-state index in [1.54, 1.807) is 0 Å². The minimum atomic E-state index is -1.02. The summed E-state index contributed by atoms with van der Waals surface area (Å²) in [7, 11) is 0. The third-order valence-corrected chi connectivity index (χ3v) is 1.76. The number of carboxylic acid groups (broad SMARTS) is 2. The Morgan fingerprint density at radius 2 is 1.00 bits per heavy atom. The number of rotatable bonds is 8. The Labute approximate surface area is 99.2 Å². The minimum Gasteiger partial charge on any atom is -0.550 e. The number of carboxylic acids is 2. The van der Waals surface area contributed by atoms with E-state index in [2.05, 4.69) is 0 Å². The number of hydrogen-bond donors (Lipinski definition) is 0. The monoisotopic (exact) mass is 293 g/mol. The van der Waals surface area contributed by atoms with Crippen LogP contribution in [0.15, 0.2) is 0 Å². The van der Waals surface area contributed by atoms with Crippen LogP contribution in [0, 0.1) is 0 Å². The normalized spacial score (nSPS) is 9.14. The van der Waals surface area contributed by atoms with Gasteiger partial charge in [-0.3, -0.25) is 0 Å². The molecule has 0 saturated carbocycles. The smallest absolute Gasteiger partial charge is 0.550 e. The molecule has 0 fully saturated rings. The summed E-state index contributed by atoms with van der Waals surface area (Å²) in [5.41, 5.74) is 0. The van der Waals surface area contributed by atoms with Crippen LogP contribution in [0.2, 0.25) is 0 Å². The summed E-state index contributed by atoms with van der Waals surface area (Å²) in [6, 6.07) is 0. The molecule has 14 heavy (non-hydrogen) atoms. The fourth-order valence-corrected chi connectivity index (χ4v) is 1.07. The molecule has 0 aromatic heterocycles. The number of carbonyl (C=O) groups is 2. The third-order valence-electron chi connectivity index (χ3n) is 1.76. The summed E-state index contributed by atoms with van der Waals surface area (Å²) >= 11 is 0. The molecule has 0 aliphatic carbocycles. The van der Waals surface area contributed by atoms with E-state index in [0.29, 0.717) is 12.8 Å². The van der Waals surface area contributed by atoms with Gasteiger partial charge in [0.2, 0.25) is 0 Å². The van der Waals surface area contributed by atoms with E-state index in [1.165, 1.54) is 0 Å². The van der Waals surface area contributed by atoms with Gasteiger partial charge >= 0.3 is 22.4 Å². The quantitative estimate of drug-likeness (QED) is 0.434. The zero-order valence-corrected chi connectivity index (χ0v) is 9.37. The number of aliphatic carboxylic acids is 2. The molecule has 0 atom stereocenters. The van der Waals surface area contributed by atoms with Crippen molar-refractivity contribution in [1.82, 2.24) is 0 Å². The molecule has 5 heteroatoms. The molecule has 0 aromatic carbocycles. The molecule has 0 aliphatic heterocycles. The Morgan fingerprint density at radius 3 is 1.29 bits per heavy atom. The van der Waals surface area contributed by atoms with Gasteiger partial charge in [0, 0.05) is 11.9 Å². The molecule has 0 aromatic rings. The van der Waals surface area contributed by atoms with Crippen molar-refractivity contribution in [3.05, 3.63) is 0 Å². The average Bonchev–Trinajstić information content (AvgIpc) is 2.01. The van der Waals surface area contributed by atoms with Crippen LogP contribution in [-0.2, 0) is 32.0 Å². The number of hydrogen-bond acceptors (Lipinski definition) is 4. The summed E-state index contributed by atoms with van der Waals surface area (Å²) < 4.78 is 0. The SMILES string of the molecule is O=C([O-])CCCCCCCC(=O)[O-].[Ag+2]. The van der Waals surface area contributed by atoms with E-state index < -0.39 is 11.9 Å². The second-order valence-corrected chi connectivity index (χ2v) is 3.01. The van der Waals surface area contributed by atoms with Crippen LogP contribution < -0.4 is 10.2 Å². The maximum atomic E-state index is 9.98. The molecule has 0 spiro atoms. The maximum Gasteiger partial charge on any atom is 2.00 e. The van der Waals surface area contributed by atoms with E-state index in [9.17, 15) is 19.8 Å². The van der Waals surface area contributed by atoms with Crippen LogP contribution in [0.5, 0.6) is 0 Å². The first-order chi connectivity index (χ1) is 6.13. The van der Waals surface area contributed by atoms with E-state index >= 15 is 0 Å². The zero-order chi connectivity index (χ0) is 10.1. The van der Waals surface area contributed by atoms with Gasteiger partial charge in [-0.15, -0.1) is 0 Å². The van der Waals surface area contributed by atoms with E-state index in [-0.39, 0.29) is 35.2 Å². The first-order valence-corrected chi connectivity index (χ1v) is 4.52. The van der Waals surface area contributed by atoms with Gasteiger partial charge in [0.25, 0.3) is 0 Å². The van der Waals surface area contributed by atoms with Gasteiger partial charge in [-0.05, 0) is 25.7 Å². The molecular weight excluding hydrogens is 280 g/mol. The number of carbonyl (C=O) groups excluding carboxylic acids is 2. The van der Waals surface area contributed by atoms with Crippen molar-refractivity contribution in [1.29, 1.82) is 0 Å². The van der Waals surface area contributed by atoms with Crippen LogP contribution in [0.3, 0.4) is 0 Å². The molecule has 0 amide bonds. The Morgan fingerprint density at radius 1 is 0.714 bits per heavy atom. The first kappa shape index (κ1) is 16.1. The van der Waals surface area contributed by atoms with Gasteiger partial charge < -0.3 is 19.8 Å². The van der Waals surface area contributed by atoms with E-state index in [0.717, 1.165) is 19.3 Å². The Kier molecular flexibility index (Phi) is 12.4. The van der Waals surface area contributed by atoms with Gasteiger partial charge in [-0.1, -0.05) is 19.3 Å². The molecule has 0 rings (SSSR count). The van der Waals surface area contributed by atoms with Crippen molar-refractivity contribution in [2.24, 2.45) is 0 Å². The van der Waals surface area contributed by atoms with E-state index in [1.807, 2.05) is 0 Å². The van der Waals surface area contributed by atoms with Gasteiger partial charge in [0.1, 0.15) is 0 Å². The van der Waals surface area contributed by atoms with Crippen molar-refractivity contribution in [3.8, 4) is 0 Å². The van der Waals surface area contributed by atoms with Crippen LogP contribution >= 0.6 is 0 Å². The zero-order valence-electron chi connectivity index (χ0n) is 7.88. The molecule has 1 radical (unpaired) electrons. The molecular formula is C9H14AgO4. The van der Waals surface area contributed by atoms with Gasteiger partial charge in [0.05, 0.1) is 0 Å². The van der Waals surface area contributed by atoms with Crippen molar-refractivity contribution < 1.29 is 42.2 Å². The average molecular weight is 294 g/mol. The predicted octanol–water partition coefficient (Wildman–Crippen LogP) is -0.786. The van der Waals surface area contributed by atoms with Crippen LogP contribution in [-0.4, -0.2) is 11.9 Å². The topological polar surface area (TPSA) is 80.3 Å². The molecule has 0 bridgehead atoms. The van der Waals surface area contributed by atoms with Gasteiger partial charge in [-0.25, -0.2) is 0 Å². The standard InChI is InChI=1S/C9H16O4.Ag/c10-8(11)6-4-2-1-3-5-7-9(12)13;/h1-7H2,(H,10,11)(H,12,13);/q;+2/p-2.